The Morgan fingerprint density at radius 2 is 2.19 bits per heavy atom. The molecule has 4 rings (SSSR count). The summed E-state index contributed by atoms with van der Waals surface area (Å²) in [5.74, 6) is 0.314. The summed E-state index contributed by atoms with van der Waals surface area (Å²) in [6.07, 6.45) is 4.22. The summed E-state index contributed by atoms with van der Waals surface area (Å²) in [7, 11) is 0. The van der Waals surface area contributed by atoms with Crippen molar-refractivity contribution in [2.24, 2.45) is 5.92 Å². The Morgan fingerprint density at radius 1 is 1.30 bits per heavy atom. The summed E-state index contributed by atoms with van der Waals surface area (Å²) in [5.41, 5.74) is 2.23. The average molecular weight is 385 g/mol. The summed E-state index contributed by atoms with van der Waals surface area (Å²) in [6, 6.07) is 11.8. The molecular weight excluding hydrogens is 364 g/mol. The zero-order valence-corrected chi connectivity index (χ0v) is 15.7. The highest BCUT2D eigenvalue weighted by molar-refractivity contribution is 6.31. The molecule has 1 aliphatic rings. The fourth-order valence-corrected chi connectivity index (χ4v) is 3.67. The third-order valence-corrected chi connectivity index (χ3v) is 5.22. The number of benzene rings is 1. The lowest BCUT2D eigenvalue weighted by molar-refractivity contribution is -0.122. The first-order valence-electron chi connectivity index (χ1n) is 9.15. The van der Waals surface area contributed by atoms with Crippen molar-refractivity contribution in [1.82, 2.24) is 15.3 Å². The molecule has 1 fully saturated rings. The quantitative estimate of drug-likeness (QED) is 0.724. The lowest BCUT2D eigenvalue weighted by atomic mass is 9.94. The summed E-state index contributed by atoms with van der Waals surface area (Å²) in [5, 5.41) is 3.64. The number of rotatable bonds is 5. The molecule has 2 aromatic heterocycles. The molecule has 0 aliphatic carbocycles. The molecule has 1 saturated heterocycles. The van der Waals surface area contributed by atoms with Gasteiger partial charge >= 0.3 is 0 Å². The van der Waals surface area contributed by atoms with Gasteiger partial charge in [-0.3, -0.25) is 4.79 Å². The van der Waals surface area contributed by atoms with E-state index in [1.165, 1.54) is 0 Å². The monoisotopic (exact) mass is 384 g/mol. The maximum atomic E-state index is 12.4. The molecule has 1 amide bonds. The largest absolute Gasteiger partial charge is 0.422 e. The van der Waals surface area contributed by atoms with Gasteiger partial charge in [-0.05, 0) is 42.5 Å². The molecule has 0 saturated carbocycles. The maximum Gasteiger partial charge on any atom is 0.299 e. The molecule has 0 radical (unpaired) electrons. The van der Waals surface area contributed by atoms with Crippen LogP contribution in [0.1, 0.15) is 24.8 Å². The normalized spacial score (nSPS) is 17.2. The van der Waals surface area contributed by atoms with E-state index in [1.54, 1.807) is 6.20 Å². The Balaban J connectivity index is 1.34. The molecule has 6 nitrogen and oxygen atoms in total. The van der Waals surface area contributed by atoms with Crippen molar-refractivity contribution in [2.45, 2.75) is 25.8 Å². The van der Waals surface area contributed by atoms with Gasteiger partial charge in [0.15, 0.2) is 5.58 Å². The van der Waals surface area contributed by atoms with Gasteiger partial charge in [0.05, 0.1) is 0 Å². The van der Waals surface area contributed by atoms with Crippen LogP contribution in [0.4, 0.5) is 6.01 Å². The second kappa shape index (κ2) is 7.96. The van der Waals surface area contributed by atoms with Crippen LogP contribution in [0, 0.1) is 5.92 Å². The first-order chi connectivity index (χ1) is 13.2. The number of anilines is 1. The number of nitrogens with zero attached hydrogens (tertiary/aromatic N) is 3. The van der Waals surface area contributed by atoms with E-state index < -0.39 is 0 Å². The fourth-order valence-electron chi connectivity index (χ4n) is 3.47. The van der Waals surface area contributed by atoms with Gasteiger partial charge in [0.2, 0.25) is 11.6 Å². The van der Waals surface area contributed by atoms with E-state index >= 15 is 0 Å². The van der Waals surface area contributed by atoms with E-state index in [0.29, 0.717) is 35.2 Å². The average Bonchev–Trinajstić information content (AvgIpc) is 3.12. The van der Waals surface area contributed by atoms with Gasteiger partial charge in [0, 0.05) is 37.3 Å². The van der Waals surface area contributed by atoms with Crippen LogP contribution in [0.5, 0.6) is 0 Å². The predicted molar refractivity (Wildman–Crippen MR) is 105 cm³/mol. The van der Waals surface area contributed by atoms with E-state index in [1.807, 2.05) is 36.4 Å². The Kier molecular flexibility index (Phi) is 5.25. The molecule has 1 unspecified atom stereocenters. The second-order valence-corrected chi connectivity index (χ2v) is 7.26. The van der Waals surface area contributed by atoms with Crippen molar-refractivity contribution in [2.75, 3.05) is 18.0 Å². The Labute approximate surface area is 162 Å². The van der Waals surface area contributed by atoms with Crippen LogP contribution in [0.3, 0.4) is 0 Å². The van der Waals surface area contributed by atoms with E-state index in [0.717, 1.165) is 31.5 Å². The lowest BCUT2D eigenvalue weighted by Crippen LogP contribution is -2.38. The van der Waals surface area contributed by atoms with E-state index in [2.05, 4.69) is 20.2 Å². The van der Waals surface area contributed by atoms with Crippen molar-refractivity contribution >= 4 is 34.8 Å². The van der Waals surface area contributed by atoms with Gasteiger partial charge in [0.1, 0.15) is 0 Å². The number of carbonyl (C=O) groups is 1. The maximum absolute atomic E-state index is 12.4. The standard InChI is InChI=1S/C20H21ClN4O2/c21-16-7-2-1-6-15(16)12-23-18(26)11-14-5-4-10-25(13-14)20-24-19-17(27-20)8-3-9-22-19/h1-3,6-9,14H,4-5,10-13H2,(H,23,26). The number of nitrogens with one attached hydrogen (secondary N) is 1. The number of amides is 1. The number of hydrogen-bond donors (Lipinski definition) is 1. The Hall–Kier alpha value is -2.60. The molecule has 7 heteroatoms. The van der Waals surface area contributed by atoms with Crippen LogP contribution in [0.25, 0.3) is 11.2 Å². The third kappa shape index (κ3) is 4.22. The summed E-state index contributed by atoms with van der Waals surface area (Å²) < 4.78 is 5.82. The minimum atomic E-state index is 0.0426. The van der Waals surface area contributed by atoms with Crippen LogP contribution < -0.4 is 10.2 Å². The lowest BCUT2D eigenvalue weighted by Gasteiger charge is -2.31. The summed E-state index contributed by atoms with van der Waals surface area (Å²) >= 11 is 6.14. The highest BCUT2D eigenvalue weighted by atomic mass is 35.5. The molecule has 3 aromatic rings. The number of aromatic nitrogens is 2. The molecular formula is C20H21ClN4O2. The molecule has 27 heavy (non-hydrogen) atoms. The van der Waals surface area contributed by atoms with Crippen molar-refractivity contribution < 1.29 is 9.21 Å². The van der Waals surface area contributed by atoms with Crippen molar-refractivity contribution in [3.63, 3.8) is 0 Å². The first-order valence-corrected chi connectivity index (χ1v) is 9.53. The smallest absolute Gasteiger partial charge is 0.299 e. The summed E-state index contributed by atoms with van der Waals surface area (Å²) in [4.78, 5) is 23.2. The molecule has 1 aromatic carbocycles. The number of oxazole rings is 1. The van der Waals surface area contributed by atoms with Crippen LogP contribution in [0.2, 0.25) is 5.02 Å². The molecule has 1 N–H and O–H groups in total. The van der Waals surface area contributed by atoms with Crippen LogP contribution in [-0.2, 0) is 11.3 Å². The number of halogens is 1. The van der Waals surface area contributed by atoms with Crippen LogP contribution >= 0.6 is 11.6 Å². The summed E-state index contributed by atoms with van der Waals surface area (Å²) in [6.45, 7) is 2.09. The first kappa shape index (κ1) is 17.8. The minimum Gasteiger partial charge on any atom is -0.422 e. The molecule has 140 valence electrons. The zero-order valence-electron chi connectivity index (χ0n) is 14.9. The van der Waals surface area contributed by atoms with Crippen molar-refractivity contribution in [1.29, 1.82) is 0 Å². The molecule has 0 spiro atoms. The third-order valence-electron chi connectivity index (χ3n) is 4.85. The molecule has 1 aliphatic heterocycles. The van der Waals surface area contributed by atoms with Gasteiger partial charge in [0.25, 0.3) is 6.01 Å². The number of fused-ring (bicyclic) bond motifs is 1. The molecule has 3 heterocycles. The highest BCUT2D eigenvalue weighted by Crippen LogP contribution is 2.27. The SMILES string of the molecule is O=C(CC1CCCN(c2nc3ncccc3o2)C1)NCc1ccccc1Cl. The van der Waals surface area contributed by atoms with E-state index in [-0.39, 0.29) is 11.8 Å². The van der Waals surface area contributed by atoms with Crippen molar-refractivity contribution in [3.8, 4) is 0 Å². The number of pyridine rings is 1. The number of hydrogen-bond acceptors (Lipinski definition) is 5. The van der Waals surface area contributed by atoms with Gasteiger partial charge in [-0.25, -0.2) is 4.98 Å². The Morgan fingerprint density at radius 3 is 3.04 bits per heavy atom. The topological polar surface area (TPSA) is 71.3 Å². The molecule has 1 atom stereocenters. The minimum absolute atomic E-state index is 0.0426. The second-order valence-electron chi connectivity index (χ2n) is 6.85. The number of carbonyl (C=O) groups excluding carboxylic acids is 1. The van der Waals surface area contributed by atoms with Crippen LogP contribution in [-0.4, -0.2) is 29.0 Å². The van der Waals surface area contributed by atoms with Crippen molar-refractivity contribution in [3.05, 3.63) is 53.2 Å². The predicted octanol–water partition coefficient (Wildman–Crippen LogP) is 3.80. The Bertz CT molecular complexity index is 909. The van der Waals surface area contributed by atoms with E-state index in [9.17, 15) is 4.79 Å². The van der Waals surface area contributed by atoms with Gasteiger partial charge < -0.3 is 14.6 Å². The molecule has 0 bridgehead atoms. The number of piperidine rings is 1. The van der Waals surface area contributed by atoms with Gasteiger partial charge in [-0.1, -0.05) is 29.8 Å². The van der Waals surface area contributed by atoms with Gasteiger partial charge in [-0.2, -0.15) is 4.98 Å². The fraction of sp³-hybridized carbons (Fsp3) is 0.350. The van der Waals surface area contributed by atoms with Crippen LogP contribution in [0.15, 0.2) is 47.0 Å². The highest BCUT2D eigenvalue weighted by Gasteiger charge is 2.25. The zero-order chi connectivity index (χ0) is 18.6. The van der Waals surface area contributed by atoms with Gasteiger partial charge in [-0.15, -0.1) is 0 Å². The van der Waals surface area contributed by atoms with E-state index in [4.69, 9.17) is 16.0 Å².